The Morgan fingerprint density at radius 3 is 2.79 bits per heavy atom. The van der Waals surface area contributed by atoms with Crippen LogP contribution in [0.4, 0.5) is 4.39 Å². The van der Waals surface area contributed by atoms with Crippen molar-refractivity contribution >= 4 is 11.7 Å². The molecule has 29 heavy (non-hydrogen) atoms. The van der Waals surface area contributed by atoms with Gasteiger partial charge in [0, 0.05) is 48.1 Å². The number of nitrogens with one attached hydrogen (secondary N) is 2. The van der Waals surface area contributed by atoms with E-state index in [0.29, 0.717) is 24.6 Å². The van der Waals surface area contributed by atoms with Crippen LogP contribution in [-0.2, 0) is 12.8 Å². The molecule has 0 bridgehead atoms. The number of ketones is 1. The standard InChI is InChI=1S/C23H28FN3O2/c1-3-18-14(2)26-20-12-16-8-10-27(13-19(16)22(28)21(18)20)11-9-25-23(29)15-4-6-17(24)7-5-15/h4-7,16,19,26H,3,8-13H2,1-2H3,(H,25,29). The SMILES string of the molecule is CCc1c(C)[nH]c2c1C(=O)C1CN(CCNC(=O)c3ccc(F)cc3)CCC1C2. The quantitative estimate of drug-likeness (QED) is 0.815. The number of fused-ring (bicyclic) bond motifs is 2. The van der Waals surface area contributed by atoms with Crippen molar-refractivity contribution in [1.29, 1.82) is 0 Å². The molecule has 6 heteroatoms. The summed E-state index contributed by atoms with van der Waals surface area (Å²) in [5.74, 6) is 0.187. The van der Waals surface area contributed by atoms with Gasteiger partial charge >= 0.3 is 0 Å². The Morgan fingerprint density at radius 1 is 1.31 bits per heavy atom. The van der Waals surface area contributed by atoms with Gasteiger partial charge in [-0.15, -0.1) is 0 Å². The first-order valence-corrected chi connectivity index (χ1v) is 10.5. The minimum Gasteiger partial charge on any atom is -0.362 e. The van der Waals surface area contributed by atoms with Crippen molar-refractivity contribution in [3.63, 3.8) is 0 Å². The molecular weight excluding hydrogens is 369 g/mol. The number of carbonyl (C=O) groups is 2. The lowest BCUT2D eigenvalue weighted by Crippen LogP contribution is -2.48. The van der Waals surface area contributed by atoms with E-state index in [0.717, 1.165) is 49.3 Å². The molecule has 1 saturated heterocycles. The third-order valence-corrected chi connectivity index (χ3v) is 6.46. The van der Waals surface area contributed by atoms with Crippen LogP contribution in [-0.4, -0.2) is 47.8 Å². The normalized spacial score (nSPS) is 21.6. The molecule has 2 aromatic rings. The summed E-state index contributed by atoms with van der Waals surface area (Å²) < 4.78 is 13.0. The van der Waals surface area contributed by atoms with Gasteiger partial charge in [0.25, 0.3) is 5.91 Å². The van der Waals surface area contributed by atoms with Crippen LogP contribution < -0.4 is 5.32 Å². The summed E-state index contributed by atoms with van der Waals surface area (Å²) in [4.78, 5) is 31.1. The summed E-state index contributed by atoms with van der Waals surface area (Å²) in [6.45, 7) is 7.08. The summed E-state index contributed by atoms with van der Waals surface area (Å²) in [6.07, 6.45) is 2.84. The lowest BCUT2D eigenvalue weighted by Gasteiger charge is -2.40. The molecule has 1 amide bonds. The number of hydrogen-bond acceptors (Lipinski definition) is 3. The maximum Gasteiger partial charge on any atom is 0.251 e. The predicted molar refractivity (Wildman–Crippen MR) is 110 cm³/mol. The average molecular weight is 397 g/mol. The van der Waals surface area contributed by atoms with Crippen molar-refractivity contribution < 1.29 is 14.0 Å². The van der Waals surface area contributed by atoms with Crippen molar-refractivity contribution in [2.45, 2.75) is 33.1 Å². The Kier molecular flexibility index (Phi) is 5.54. The minimum absolute atomic E-state index is 0.0459. The summed E-state index contributed by atoms with van der Waals surface area (Å²) in [5, 5.41) is 2.89. The lowest BCUT2D eigenvalue weighted by atomic mass is 9.72. The van der Waals surface area contributed by atoms with Gasteiger partial charge in [-0.25, -0.2) is 4.39 Å². The molecule has 4 rings (SSSR count). The smallest absolute Gasteiger partial charge is 0.251 e. The number of aryl methyl sites for hydroxylation is 1. The van der Waals surface area contributed by atoms with Crippen LogP contribution in [0.5, 0.6) is 0 Å². The zero-order chi connectivity index (χ0) is 20.5. The molecule has 2 heterocycles. The van der Waals surface area contributed by atoms with Gasteiger partial charge < -0.3 is 15.2 Å². The van der Waals surface area contributed by atoms with E-state index in [1.807, 2.05) is 0 Å². The Labute approximate surface area is 170 Å². The number of Topliss-reactive ketones (excluding diaryl/α,β-unsaturated/α-hetero) is 1. The number of H-pyrrole nitrogens is 1. The molecule has 1 aromatic carbocycles. The van der Waals surface area contributed by atoms with Gasteiger partial charge in [0.15, 0.2) is 5.78 Å². The molecule has 1 aliphatic carbocycles. The zero-order valence-corrected chi connectivity index (χ0v) is 17.1. The van der Waals surface area contributed by atoms with E-state index in [2.05, 4.69) is 29.0 Å². The van der Waals surface area contributed by atoms with Crippen LogP contribution in [0.1, 0.15) is 51.0 Å². The van der Waals surface area contributed by atoms with Gasteiger partial charge in [0.1, 0.15) is 5.82 Å². The topological polar surface area (TPSA) is 65.2 Å². The first-order valence-electron chi connectivity index (χ1n) is 10.5. The molecule has 0 spiro atoms. The Morgan fingerprint density at radius 2 is 2.07 bits per heavy atom. The van der Waals surface area contributed by atoms with Crippen LogP contribution in [0, 0.1) is 24.6 Å². The van der Waals surface area contributed by atoms with Gasteiger partial charge in [-0.1, -0.05) is 6.92 Å². The zero-order valence-electron chi connectivity index (χ0n) is 17.1. The van der Waals surface area contributed by atoms with Gasteiger partial charge in [0.2, 0.25) is 0 Å². The van der Waals surface area contributed by atoms with Gasteiger partial charge in [-0.2, -0.15) is 0 Å². The largest absolute Gasteiger partial charge is 0.362 e. The van der Waals surface area contributed by atoms with E-state index in [-0.39, 0.29) is 23.4 Å². The van der Waals surface area contributed by atoms with Crippen molar-refractivity contribution in [2.75, 3.05) is 26.2 Å². The maximum absolute atomic E-state index is 13.2. The molecule has 154 valence electrons. The molecular formula is C23H28FN3O2. The third-order valence-electron chi connectivity index (χ3n) is 6.46. The fraction of sp³-hybridized carbons (Fsp3) is 0.478. The number of benzene rings is 1. The average Bonchev–Trinajstić information content (AvgIpc) is 3.04. The minimum atomic E-state index is -0.353. The van der Waals surface area contributed by atoms with E-state index in [4.69, 9.17) is 0 Å². The molecule has 1 aromatic heterocycles. The number of likely N-dealkylation sites (tertiary alicyclic amines) is 1. The maximum atomic E-state index is 13.2. The molecule has 5 nitrogen and oxygen atoms in total. The number of rotatable bonds is 5. The second-order valence-corrected chi connectivity index (χ2v) is 8.22. The molecule has 1 fully saturated rings. The summed E-state index contributed by atoms with van der Waals surface area (Å²) >= 11 is 0. The summed E-state index contributed by atoms with van der Waals surface area (Å²) in [7, 11) is 0. The van der Waals surface area contributed by atoms with Gasteiger partial charge in [0.05, 0.1) is 0 Å². The fourth-order valence-corrected chi connectivity index (χ4v) is 4.92. The fourth-order valence-electron chi connectivity index (χ4n) is 4.92. The predicted octanol–water partition coefficient (Wildman–Crippen LogP) is 3.13. The highest BCUT2D eigenvalue weighted by atomic mass is 19.1. The van der Waals surface area contributed by atoms with Crippen LogP contribution in [0.2, 0.25) is 0 Å². The van der Waals surface area contributed by atoms with Crippen LogP contribution >= 0.6 is 0 Å². The number of amides is 1. The summed E-state index contributed by atoms with van der Waals surface area (Å²) in [5.41, 5.74) is 4.83. The van der Waals surface area contributed by atoms with Gasteiger partial charge in [-0.3, -0.25) is 9.59 Å². The number of hydrogen-bond donors (Lipinski definition) is 2. The van der Waals surface area contributed by atoms with E-state index in [9.17, 15) is 14.0 Å². The number of halogens is 1. The number of aromatic amines is 1. The van der Waals surface area contributed by atoms with E-state index < -0.39 is 0 Å². The van der Waals surface area contributed by atoms with Crippen LogP contribution in [0.25, 0.3) is 0 Å². The first-order chi connectivity index (χ1) is 14.0. The number of nitrogens with zero attached hydrogens (tertiary/aromatic N) is 1. The summed E-state index contributed by atoms with van der Waals surface area (Å²) in [6, 6.07) is 5.54. The van der Waals surface area contributed by atoms with E-state index in [1.54, 1.807) is 0 Å². The molecule has 2 N–H and O–H groups in total. The number of aromatic nitrogens is 1. The van der Waals surface area contributed by atoms with E-state index in [1.165, 1.54) is 29.8 Å². The Bertz CT molecular complexity index is 919. The van der Waals surface area contributed by atoms with Crippen LogP contribution in [0.15, 0.2) is 24.3 Å². The van der Waals surface area contributed by atoms with E-state index >= 15 is 0 Å². The van der Waals surface area contributed by atoms with Crippen molar-refractivity contribution in [3.05, 3.63) is 58.2 Å². The monoisotopic (exact) mass is 397 g/mol. The molecule has 2 atom stereocenters. The van der Waals surface area contributed by atoms with Gasteiger partial charge in [-0.05, 0) is 68.5 Å². The molecule has 0 radical (unpaired) electrons. The van der Waals surface area contributed by atoms with Crippen LogP contribution in [0.3, 0.4) is 0 Å². The third kappa shape index (κ3) is 3.86. The molecule has 2 unspecified atom stereocenters. The Hall–Kier alpha value is -2.47. The highest BCUT2D eigenvalue weighted by molar-refractivity contribution is 6.02. The first kappa shape index (κ1) is 19.8. The lowest BCUT2D eigenvalue weighted by molar-refractivity contribution is 0.0656. The Balaban J connectivity index is 1.35. The van der Waals surface area contributed by atoms with Crippen molar-refractivity contribution in [2.24, 2.45) is 11.8 Å². The second kappa shape index (κ2) is 8.11. The van der Waals surface area contributed by atoms with Crippen molar-refractivity contribution in [3.8, 4) is 0 Å². The van der Waals surface area contributed by atoms with Crippen molar-refractivity contribution in [1.82, 2.24) is 15.2 Å². The number of carbonyl (C=O) groups excluding carboxylic acids is 2. The highest BCUT2D eigenvalue weighted by Gasteiger charge is 2.41. The molecule has 0 saturated carbocycles. The second-order valence-electron chi connectivity index (χ2n) is 8.22. The molecule has 1 aliphatic heterocycles. The molecule has 2 aliphatic rings. The number of piperidine rings is 1. The highest BCUT2D eigenvalue weighted by Crippen LogP contribution is 2.37.